The first-order chi connectivity index (χ1) is 10.6. The number of benzene rings is 2. The van der Waals surface area contributed by atoms with E-state index in [9.17, 15) is 0 Å². The fraction of sp³-hybridized carbons (Fsp3) is 0.368. The summed E-state index contributed by atoms with van der Waals surface area (Å²) in [6, 6.07) is 10.2. The van der Waals surface area contributed by atoms with Crippen LogP contribution in [0.5, 0.6) is 11.5 Å². The van der Waals surface area contributed by atoms with E-state index in [1.807, 2.05) is 18.2 Å². The Bertz CT molecular complexity index is 633. The Hall–Kier alpha value is -2.00. The molecule has 0 bridgehead atoms. The van der Waals surface area contributed by atoms with Crippen LogP contribution < -0.4 is 9.47 Å². The molecule has 2 aromatic carbocycles. The maximum Gasteiger partial charge on any atom is 0.128 e. The third-order valence-electron chi connectivity index (χ3n) is 4.08. The third-order valence-corrected chi connectivity index (χ3v) is 4.08. The number of hydrogen-bond acceptors (Lipinski definition) is 3. The maximum absolute atomic E-state index is 5.89. The topological polar surface area (TPSA) is 27.7 Å². The third kappa shape index (κ3) is 3.25. The summed E-state index contributed by atoms with van der Waals surface area (Å²) in [7, 11) is 3.41. The number of rotatable bonds is 6. The van der Waals surface area contributed by atoms with Gasteiger partial charge in [-0.15, -0.1) is 0 Å². The van der Waals surface area contributed by atoms with Crippen LogP contribution in [0.2, 0.25) is 0 Å². The first kappa shape index (κ1) is 16.4. The van der Waals surface area contributed by atoms with Crippen LogP contribution in [0.25, 0.3) is 0 Å². The van der Waals surface area contributed by atoms with Gasteiger partial charge in [-0.05, 0) is 37.5 Å². The lowest BCUT2D eigenvalue weighted by molar-refractivity contribution is 0.104. The second-order valence-electron chi connectivity index (χ2n) is 5.40. The van der Waals surface area contributed by atoms with Gasteiger partial charge in [0.2, 0.25) is 0 Å². The van der Waals surface area contributed by atoms with Crippen LogP contribution in [0.4, 0.5) is 0 Å². The molecule has 0 aliphatic heterocycles. The average Bonchev–Trinajstić information content (AvgIpc) is 2.54. The quantitative estimate of drug-likeness (QED) is 0.794. The molecular formula is C19H24O3. The van der Waals surface area contributed by atoms with Crippen molar-refractivity contribution < 1.29 is 14.2 Å². The Morgan fingerprint density at radius 1 is 0.727 bits per heavy atom. The van der Waals surface area contributed by atoms with Gasteiger partial charge in [0.05, 0.1) is 27.4 Å². The zero-order chi connectivity index (χ0) is 16.1. The van der Waals surface area contributed by atoms with Gasteiger partial charge in [0, 0.05) is 11.1 Å². The van der Waals surface area contributed by atoms with E-state index >= 15 is 0 Å². The van der Waals surface area contributed by atoms with Crippen LogP contribution in [-0.4, -0.2) is 14.2 Å². The lowest BCUT2D eigenvalue weighted by atomic mass is 9.97. The van der Waals surface area contributed by atoms with E-state index in [-0.39, 0.29) is 0 Å². The highest BCUT2D eigenvalue weighted by molar-refractivity contribution is 5.57. The van der Waals surface area contributed by atoms with E-state index in [0.29, 0.717) is 13.2 Å². The van der Waals surface area contributed by atoms with Crippen molar-refractivity contribution in [2.24, 2.45) is 0 Å². The van der Waals surface area contributed by atoms with Crippen molar-refractivity contribution in [3.8, 4) is 11.5 Å². The molecule has 0 N–H and O–H groups in total. The van der Waals surface area contributed by atoms with Gasteiger partial charge in [0.15, 0.2) is 0 Å². The molecule has 2 rings (SSSR count). The standard InChI is InChI=1S/C19H24O3/c1-13-14(2)19(21-5)17(15(3)18(13)20-4)12-22-11-16-9-7-6-8-10-16/h6-10H,11-12H2,1-5H3. The molecule has 0 saturated heterocycles. The van der Waals surface area contributed by atoms with Gasteiger partial charge in [-0.2, -0.15) is 0 Å². The molecule has 0 heterocycles. The molecule has 0 atom stereocenters. The Balaban J connectivity index is 2.24. The minimum absolute atomic E-state index is 0.501. The monoisotopic (exact) mass is 300 g/mol. The zero-order valence-corrected chi connectivity index (χ0v) is 14.0. The molecule has 3 nitrogen and oxygen atoms in total. The molecule has 0 fully saturated rings. The van der Waals surface area contributed by atoms with Crippen molar-refractivity contribution in [1.29, 1.82) is 0 Å². The summed E-state index contributed by atoms with van der Waals surface area (Å²) in [4.78, 5) is 0. The van der Waals surface area contributed by atoms with E-state index in [1.54, 1.807) is 14.2 Å². The smallest absolute Gasteiger partial charge is 0.128 e. The average molecular weight is 300 g/mol. The molecule has 0 aliphatic carbocycles. The van der Waals surface area contributed by atoms with Crippen LogP contribution in [0.1, 0.15) is 27.8 Å². The largest absolute Gasteiger partial charge is 0.496 e. The van der Waals surface area contributed by atoms with Gasteiger partial charge >= 0.3 is 0 Å². The fourth-order valence-electron chi connectivity index (χ4n) is 2.76. The Kier molecular flexibility index (Phi) is 5.45. The summed E-state index contributed by atoms with van der Waals surface area (Å²) in [5, 5.41) is 0. The molecule has 0 amide bonds. The summed E-state index contributed by atoms with van der Waals surface area (Å²) in [5.41, 5.74) is 5.51. The highest BCUT2D eigenvalue weighted by atomic mass is 16.5. The van der Waals surface area contributed by atoms with Crippen molar-refractivity contribution in [3.05, 3.63) is 58.1 Å². The zero-order valence-electron chi connectivity index (χ0n) is 14.0. The van der Waals surface area contributed by atoms with E-state index in [2.05, 4.69) is 32.9 Å². The summed E-state index contributed by atoms with van der Waals surface area (Å²) in [6.07, 6.45) is 0. The van der Waals surface area contributed by atoms with Gasteiger partial charge in [0.25, 0.3) is 0 Å². The van der Waals surface area contributed by atoms with Gasteiger partial charge < -0.3 is 14.2 Å². The first-order valence-corrected chi connectivity index (χ1v) is 7.42. The molecule has 0 radical (unpaired) electrons. The van der Waals surface area contributed by atoms with Crippen molar-refractivity contribution in [2.75, 3.05) is 14.2 Å². The van der Waals surface area contributed by atoms with E-state index < -0.39 is 0 Å². The van der Waals surface area contributed by atoms with Gasteiger partial charge in [-0.25, -0.2) is 0 Å². The van der Waals surface area contributed by atoms with Crippen molar-refractivity contribution in [3.63, 3.8) is 0 Å². The highest BCUT2D eigenvalue weighted by Crippen LogP contribution is 2.37. The van der Waals surface area contributed by atoms with E-state index in [4.69, 9.17) is 14.2 Å². The minimum atomic E-state index is 0.501. The first-order valence-electron chi connectivity index (χ1n) is 7.42. The van der Waals surface area contributed by atoms with Gasteiger partial charge in [-0.1, -0.05) is 30.3 Å². The van der Waals surface area contributed by atoms with Crippen LogP contribution in [0, 0.1) is 20.8 Å². The number of hydrogen-bond donors (Lipinski definition) is 0. The summed E-state index contributed by atoms with van der Waals surface area (Å²) in [6.45, 7) is 7.24. The lowest BCUT2D eigenvalue weighted by Gasteiger charge is -2.20. The van der Waals surface area contributed by atoms with Gasteiger partial charge in [0.1, 0.15) is 11.5 Å². The van der Waals surface area contributed by atoms with Crippen molar-refractivity contribution >= 4 is 0 Å². The molecule has 118 valence electrons. The Labute approximate surface area is 132 Å². The highest BCUT2D eigenvalue weighted by Gasteiger charge is 2.18. The summed E-state index contributed by atoms with van der Waals surface area (Å²) < 4.78 is 17.0. The molecule has 0 aromatic heterocycles. The summed E-state index contributed by atoms with van der Waals surface area (Å²) in [5.74, 6) is 1.81. The molecule has 0 aliphatic rings. The lowest BCUT2D eigenvalue weighted by Crippen LogP contribution is -2.05. The molecule has 2 aromatic rings. The predicted molar refractivity (Wildman–Crippen MR) is 88.7 cm³/mol. The molecule has 0 unspecified atom stereocenters. The Morgan fingerprint density at radius 3 is 1.91 bits per heavy atom. The second-order valence-corrected chi connectivity index (χ2v) is 5.40. The molecule has 0 spiro atoms. The summed E-state index contributed by atoms with van der Waals surface area (Å²) >= 11 is 0. The van der Waals surface area contributed by atoms with Crippen LogP contribution in [-0.2, 0) is 18.0 Å². The molecule has 0 saturated carbocycles. The SMILES string of the molecule is COc1c(C)c(C)c(OC)c(COCc2ccccc2)c1C. The van der Waals surface area contributed by atoms with Crippen LogP contribution in [0.15, 0.2) is 30.3 Å². The van der Waals surface area contributed by atoms with Crippen molar-refractivity contribution in [1.82, 2.24) is 0 Å². The fourth-order valence-corrected chi connectivity index (χ4v) is 2.76. The Morgan fingerprint density at radius 2 is 1.32 bits per heavy atom. The normalized spacial score (nSPS) is 10.6. The molecule has 3 heteroatoms. The van der Waals surface area contributed by atoms with Crippen LogP contribution in [0.3, 0.4) is 0 Å². The van der Waals surface area contributed by atoms with Gasteiger partial charge in [-0.3, -0.25) is 0 Å². The predicted octanol–water partition coefficient (Wildman–Crippen LogP) is 4.35. The number of methoxy groups -OCH3 is 2. The van der Waals surface area contributed by atoms with E-state index in [0.717, 1.165) is 39.3 Å². The minimum Gasteiger partial charge on any atom is -0.496 e. The van der Waals surface area contributed by atoms with E-state index in [1.165, 1.54) is 0 Å². The van der Waals surface area contributed by atoms with Crippen molar-refractivity contribution in [2.45, 2.75) is 34.0 Å². The molecular weight excluding hydrogens is 276 g/mol. The number of ether oxygens (including phenoxy) is 3. The maximum atomic E-state index is 5.89. The second kappa shape index (κ2) is 7.32. The molecule has 22 heavy (non-hydrogen) atoms. The van der Waals surface area contributed by atoms with Crippen LogP contribution >= 0.6 is 0 Å².